The van der Waals surface area contributed by atoms with Gasteiger partial charge in [0.1, 0.15) is 7.05 Å². The first-order chi connectivity index (χ1) is 12.7. The number of hydrogen-bond acceptors (Lipinski definition) is 0. The summed E-state index contributed by atoms with van der Waals surface area (Å²) in [5.74, 6) is 0. The average molecular weight is 323 g/mol. The zero-order chi connectivity index (χ0) is 21.3. The normalized spacial score (nSPS) is 24.5. The van der Waals surface area contributed by atoms with E-state index in [2.05, 4.69) is 4.85 Å². The molecule has 24 heavy (non-hydrogen) atoms. The SMILES string of the molecule is [2H]C1([2H])C(C)(C)c2cc(-c3cc([N+]#[C-])ccc3C)[n+](C)cc2C(C)(C)C1([2H])[2H]. The number of pyridine rings is 1. The highest BCUT2D eigenvalue weighted by atomic mass is 14.9. The van der Waals surface area contributed by atoms with Gasteiger partial charge in [-0.1, -0.05) is 39.8 Å². The Labute approximate surface area is 151 Å². The molecule has 0 fully saturated rings. The number of nitrogens with zero attached hydrogens (tertiary/aromatic N) is 2. The molecular formula is C22H27N2+. The van der Waals surface area contributed by atoms with E-state index >= 15 is 0 Å². The third kappa shape index (κ3) is 2.63. The van der Waals surface area contributed by atoms with Gasteiger partial charge in [-0.2, -0.15) is 0 Å². The Balaban J connectivity index is 2.39. The molecule has 0 N–H and O–H groups in total. The molecule has 0 saturated carbocycles. The van der Waals surface area contributed by atoms with Crippen LogP contribution in [-0.4, -0.2) is 0 Å². The van der Waals surface area contributed by atoms with Crippen LogP contribution < -0.4 is 4.57 Å². The van der Waals surface area contributed by atoms with Crippen LogP contribution in [0.25, 0.3) is 16.1 Å². The molecule has 2 heteroatoms. The van der Waals surface area contributed by atoms with Crippen molar-refractivity contribution in [1.29, 1.82) is 0 Å². The van der Waals surface area contributed by atoms with Crippen LogP contribution in [0.1, 0.15) is 62.6 Å². The monoisotopic (exact) mass is 323 g/mol. The smallest absolute Gasteiger partial charge is 0.211 e. The minimum atomic E-state index is -2.05. The largest absolute Gasteiger partial charge is 0.238 e. The molecule has 2 nitrogen and oxygen atoms in total. The van der Waals surface area contributed by atoms with Crippen LogP contribution in [0.5, 0.6) is 0 Å². The summed E-state index contributed by atoms with van der Waals surface area (Å²) in [6, 6.07) is 7.57. The molecular weight excluding hydrogens is 292 g/mol. The van der Waals surface area contributed by atoms with E-state index < -0.39 is 23.6 Å². The summed E-state index contributed by atoms with van der Waals surface area (Å²) in [5.41, 5.74) is 3.05. The number of aryl methyl sites for hydroxylation is 2. The molecule has 0 radical (unpaired) electrons. The number of hydrogen-bond donors (Lipinski definition) is 0. The van der Waals surface area contributed by atoms with Gasteiger partial charge in [-0.25, -0.2) is 9.41 Å². The fourth-order valence-electron chi connectivity index (χ4n) is 3.33. The standard InChI is InChI=1S/C22H27N2/c1-15-8-9-16(23-6)12-17(15)20-13-18-19(14-24(20)7)22(4,5)11-10-21(18,2)3/h8-9,12-14H,10-11H2,1-5,7H3/q+1/i10D2,11D2. The number of rotatable bonds is 1. The zero-order valence-electron chi connectivity index (χ0n) is 19.3. The van der Waals surface area contributed by atoms with Crippen LogP contribution in [0.2, 0.25) is 0 Å². The van der Waals surface area contributed by atoms with Crippen LogP contribution >= 0.6 is 0 Å². The van der Waals surface area contributed by atoms with E-state index in [1.807, 2.05) is 42.9 Å². The third-order valence-electron chi connectivity index (χ3n) is 4.93. The maximum atomic E-state index is 8.70. The van der Waals surface area contributed by atoms with E-state index in [0.717, 1.165) is 27.9 Å². The first-order valence-corrected chi connectivity index (χ1v) is 8.23. The van der Waals surface area contributed by atoms with E-state index in [1.54, 1.807) is 33.8 Å². The van der Waals surface area contributed by atoms with Crippen molar-refractivity contribution in [2.24, 2.45) is 7.05 Å². The Morgan fingerprint density at radius 3 is 2.33 bits per heavy atom. The fourth-order valence-corrected chi connectivity index (χ4v) is 3.33. The second-order valence-electron chi connectivity index (χ2n) is 7.71. The lowest BCUT2D eigenvalue weighted by molar-refractivity contribution is -0.661. The van der Waals surface area contributed by atoms with Crippen molar-refractivity contribution in [3.63, 3.8) is 0 Å². The van der Waals surface area contributed by atoms with Crippen LogP contribution in [0.15, 0.2) is 30.5 Å². The molecule has 1 heterocycles. The lowest BCUT2D eigenvalue weighted by Crippen LogP contribution is -2.40. The molecule has 0 aliphatic heterocycles. The summed E-state index contributed by atoms with van der Waals surface area (Å²) in [7, 11) is 1.92. The summed E-state index contributed by atoms with van der Waals surface area (Å²) >= 11 is 0. The van der Waals surface area contributed by atoms with Crippen LogP contribution in [0, 0.1) is 13.5 Å². The molecule has 0 atom stereocenters. The quantitative estimate of drug-likeness (QED) is 0.491. The second-order valence-corrected chi connectivity index (χ2v) is 7.71. The number of benzene rings is 1. The van der Waals surface area contributed by atoms with E-state index in [1.165, 1.54) is 0 Å². The molecule has 1 aromatic carbocycles. The van der Waals surface area contributed by atoms with Gasteiger partial charge in [0.15, 0.2) is 11.9 Å². The molecule has 0 bridgehead atoms. The summed E-state index contributed by atoms with van der Waals surface area (Å²) in [4.78, 5) is 3.54. The van der Waals surface area contributed by atoms with Gasteiger partial charge < -0.3 is 0 Å². The molecule has 0 saturated heterocycles. The van der Waals surface area contributed by atoms with E-state index in [4.69, 9.17) is 12.1 Å². The summed E-state index contributed by atoms with van der Waals surface area (Å²) in [6.07, 6.45) is -2.16. The molecule has 0 amide bonds. The minimum absolute atomic E-state index is 0.560. The van der Waals surface area contributed by atoms with Crippen LogP contribution in [0.4, 0.5) is 5.69 Å². The maximum absolute atomic E-state index is 8.70. The van der Waals surface area contributed by atoms with Crippen molar-refractivity contribution in [2.45, 2.75) is 58.2 Å². The van der Waals surface area contributed by atoms with Crippen molar-refractivity contribution in [1.82, 2.24) is 0 Å². The Kier molecular flexibility index (Phi) is 2.78. The lowest BCUT2D eigenvalue weighted by atomic mass is 9.63. The highest BCUT2D eigenvalue weighted by Crippen LogP contribution is 2.46. The highest BCUT2D eigenvalue weighted by Gasteiger charge is 2.39. The van der Waals surface area contributed by atoms with E-state index in [9.17, 15) is 0 Å². The second kappa shape index (κ2) is 5.45. The lowest BCUT2D eigenvalue weighted by Gasteiger charge is -2.40. The third-order valence-corrected chi connectivity index (χ3v) is 4.93. The van der Waals surface area contributed by atoms with Crippen molar-refractivity contribution in [3.8, 4) is 11.3 Å². The van der Waals surface area contributed by atoms with Gasteiger partial charge in [0.2, 0.25) is 5.69 Å². The Morgan fingerprint density at radius 1 is 1.08 bits per heavy atom. The van der Waals surface area contributed by atoms with Gasteiger partial charge in [-0.3, -0.25) is 0 Å². The molecule has 124 valence electrons. The average Bonchev–Trinajstić information content (AvgIpc) is 2.60. The Morgan fingerprint density at radius 2 is 1.71 bits per heavy atom. The Bertz CT molecular complexity index is 1010. The van der Waals surface area contributed by atoms with Gasteiger partial charge >= 0.3 is 0 Å². The molecule has 1 aliphatic carbocycles. The van der Waals surface area contributed by atoms with Gasteiger partial charge in [-0.15, -0.1) is 0 Å². The first kappa shape index (κ1) is 12.3. The molecule has 1 aromatic heterocycles. The predicted molar refractivity (Wildman–Crippen MR) is 99.3 cm³/mol. The van der Waals surface area contributed by atoms with E-state index in [-0.39, 0.29) is 0 Å². The van der Waals surface area contributed by atoms with E-state index in [0.29, 0.717) is 5.69 Å². The van der Waals surface area contributed by atoms with Gasteiger partial charge in [0.05, 0.1) is 6.57 Å². The van der Waals surface area contributed by atoms with Gasteiger partial charge in [-0.05, 0) is 47.7 Å². The number of fused-ring (bicyclic) bond motifs is 1. The summed E-state index contributed by atoms with van der Waals surface area (Å²) in [5, 5.41) is 0. The molecule has 0 spiro atoms. The van der Waals surface area contributed by atoms with Gasteiger partial charge in [0.25, 0.3) is 0 Å². The van der Waals surface area contributed by atoms with Crippen molar-refractivity contribution in [2.75, 3.05) is 0 Å². The van der Waals surface area contributed by atoms with Crippen molar-refractivity contribution < 1.29 is 10.1 Å². The predicted octanol–water partition coefficient (Wildman–Crippen LogP) is 5.39. The Hall–Kier alpha value is -2.14. The maximum Gasteiger partial charge on any atom is 0.211 e. The topological polar surface area (TPSA) is 8.24 Å². The molecule has 1 aliphatic rings. The molecule has 2 aromatic rings. The van der Waals surface area contributed by atoms with Crippen molar-refractivity contribution >= 4 is 5.69 Å². The van der Waals surface area contributed by atoms with Crippen LogP contribution in [0.3, 0.4) is 0 Å². The zero-order valence-corrected chi connectivity index (χ0v) is 15.3. The first-order valence-electron chi connectivity index (χ1n) is 10.2. The number of aromatic nitrogens is 1. The fraction of sp³-hybridized carbons (Fsp3) is 0.455. The highest BCUT2D eigenvalue weighted by molar-refractivity contribution is 5.68. The molecule has 0 unspecified atom stereocenters. The van der Waals surface area contributed by atoms with Crippen LogP contribution in [-0.2, 0) is 17.9 Å². The summed E-state index contributed by atoms with van der Waals surface area (Å²) in [6.45, 7) is 16.4. The molecule has 3 rings (SSSR count). The van der Waals surface area contributed by atoms with Gasteiger partial charge in [0, 0.05) is 22.7 Å². The summed E-state index contributed by atoms with van der Waals surface area (Å²) < 4.78 is 36.6. The minimum Gasteiger partial charge on any atom is -0.238 e. The van der Waals surface area contributed by atoms with Crippen molar-refractivity contribution in [3.05, 3.63) is 58.6 Å².